The van der Waals surface area contributed by atoms with Crippen LogP contribution < -0.4 is 10.6 Å². The van der Waals surface area contributed by atoms with E-state index in [2.05, 4.69) is 10.6 Å². The number of hydrogen-bond acceptors (Lipinski definition) is 4. The van der Waals surface area contributed by atoms with Crippen molar-refractivity contribution in [1.29, 1.82) is 0 Å². The maximum Gasteiger partial charge on any atom is 0.149 e. The number of anilines is 1. The van der Waals surface area contributed by atoms with Crippen molar-refractivity contribution in [3.05, 3.63) is 58.6 Å². The average Bonchev–Trinajstić information content (AvgIpc) is 2.69. The summed E-state index contributed by atoms with van der Waals surface area (Å²) in [6, 6.07) is 10.5. The first-order chi connectivity index (χ1) is 13.6. The lowest BCUT2D eigenvalue weighted by molar-refractivity contribution is 0.117. The lowest BCUT2D eigenvalue weighted by Gasteiger charge is -2.33. The molecule has 0 radical (unpaired) electrons. The minimum Gasteiger partial charge on any atom is -0.381 e. The van der Waals surface area contributed by atoms with Gasteiger partial charge in [-0.1, -0.05) is 23.7 Å². The molecule has 0 aliphatic carbocycles. The lowest BCUT2D eigenvalue weighted by atomic mass is 9.89. The van der Waals surface area contributed by atoms with E-state index in [0.29, 0.717) is 19.8 Å². The van der Waals surface area contributed by atoms with Crippen molar-refractivity contribution in [2.24, 2.45) is 10.9 Å². The molecule has 2 aromatic carbocycles. The van der Waals surface area contributed by atoms with Crippen molar-refractivity contribution in [2.45, 2.75) is 25.4 Å². The quantitative estimate of drug-likeness (QED) is 0.725. The third-order valence-electron chi connectivity index (χ3n) is 5.25. The summed E-state index contributed by atoms with van der Waals surface area (Å²) in [5.74, 6) is -1.20. The second-order valence-corrected chi connectivity index (χ2v) is 7.50. The molecular weight excluding hydrogens is 384 g/mol. The van der Waals surface area contributed by atoms with Gasteiger partial charge in [0, 0.05) is 43.5 Å². The van der Waals surface area contributed by atoms with E-state index >= 15 is 0 Å². The van der Waals surface area contributed by atoms with Gasteiger partial charge >= 0.3 is 0 Å². The van der Waals surface area contributed by atoms with Gasteiger partial charge in [-0.3, -0.25) is 4.99 Å². The van der Waals surface area contributed by atoms with Gasteiger partial charge in [0.15, 0.2) is 0 Å². The molecule has 2 N–H and O–H groups in total. The predicted octanol–water partition coefficient (Wildman–Crippen LogP) is 4.70. The SMILES string of the molecule is Fc1ccc(Cl)c(F)c1CNCC1CCOCCC2Nc3ccccc3N=C12. The van der Waals surface area contributed by atoms with Gasteiger partial charge in [-0.25, -0.2) is 8.78 Å². The Balaban J connectivity index is 1.51. The highest BCUT2D eigenvalue weighted by atomic mass is 35.5. The van der Waals surface area contributed by atoms with Gasteiger partial charge in [0.25, 0.3) is 0 Å². The van der Waals surface area contributed by atoms with E-state index in [1.807, 2.05) is 24.3 Å². The van der Waals surface area contributed by atoms with Crippen molar-refractivity contribution in [3.8, 4) is 0 Å². The fourth-order valence-electron chi connectivity index (χ4n) is 3.75. The van der Waals surface area contributed by atoms with E-state index < -0.39 is 11.6 Å². The van der Waals surface area contributed by atoms with E-state index in [1.54, 1.807) is 0 Å². The fourth-order valence-corrected chi connectivity index (χ4v) is 3.93. The molecule has 2 aliphatic heterocycles. The summed E-state index contributed by atoms with van der Waals surface area (Å²) in [6.07, 6.45) is 1.63. The molecule has 2 aromatic rings. The summed E-state index contributed by atoms with van der Waals surface area (Å²) in [5.41, 5.74) is 2.97. The van der Waals surface area contributed by atoms with E-state index in [1.165, 1.54) is 12.1 Å². The Kier molecular flexibility index (Phi) is 5.90. The number of aliphatic imine (C=N–C) groups is 1. The van der Waals surface area contributed by atoms with Gasteiger partial charge in [-0.15, -0.1) is 0 Å². The summed E-state index contributed by atoms with van der Waals surface area (Å²) in [4.78, 5) is 4.91. The zero-order chi connectivity index (χ0) is 19.5. The first-order valence-corrected chi connectivity index (χ1v) is 9.86. The zero-order valence-corrected chi connectivity index (χ0v) is 16.1. The maximum atomic E-state index is 14.1. The minimum atomic E-state index is -0.710. The Morgan fingerprint density at radius 1 is 1.14 bits per heavy atom. The molecule has 0 aromatic heterocycles. The molecule has 0 spiro atoms. The Hall–Kier alpha value is -2.02. The lowest BCUT2D eigenvalue weighted by Crippen LogP contribution is -2.43. The van der Waals surface area contributed by atoms with Crippen LogP contribution in [0.5, 0.6) is 0 Å². The van der Waals surface area contributed by atoms with Crippen LogP contribution in [0.15, 0.2) is 41.4 Å². The van der Waals surface area contributed by atoms with E-state index in [4.69, 9.17) is 21.3 Å². The molecule has 28 heavy (non-hydrogen) atoms. The van der Waals surface area contributed by atoms with Crippen LogP contribution in [0.4, 0.5) is 20.2 Å². The zero-order valence-electron chi connectivity index (χ0n) is 15.4. The number of nitrogens with zero attached hydrogens (tertiary/aromatic N) is 1. The number of nitrogens with one attached hydrogen (secondary N) is 2. The molecule has 0 bridgehead atoms. The Morgan fingerprint density at radius 3 is 2.86 bits per heavy atom. The Morgan fingerprint density at radius 2 is 1.96 bits per heavy atom. The van der Waals surface area contributed by atoms with Crippen LogP contribution in [-0.4, -0.2) is 31.5 Å². The molecule has 2 atom stereocenters. The van der Waals surface area contributed by atoms with E-state index in [-0.39, 0.29) is 29.1 Å². The standard InChI is InChI=1S/C21H22ClF2N3O/c22-15-5-6-16(23)14(20(15)24)12-25-11-13-7-9-28-10-8-19-21(13)27-18-4-2-1-3-17(18)26-19/h1-6,13,19,25-26H,7-12H2. The highest BCUT2D eigenvalue weighted by Crippen LogP contribution is 2.33. The third-order valence-corrected chi connectivity index (χ3v) is 5.54. The van der Waals surface area contributed by atoms with Crippen LogP contribution in [0.1, 0.15) is 18.4 Å². The molecule has 2 unspecified atom stereocenters. The maximum absolute atomic E-state index is 14.1. The summed E-state index contributed by atoms with van der Waals surface area (Å²) in [7, 11) is 0. The second kappa shape index (κ2) is 8.55. The highest BCUT2D eigenvalue weighted by molar-refractivity contribution is 6.30. The van der Waals surface area contributed by atoms with Crippen molar-refractivity contribution in [1.82, 2.24) is 5.32 Å². The topological polar surface area (TPSA) is 45.6 Å². The number of hydrogen-bond donors (Lipinski definition) is 2. The van der Waals surface area contributed by atoms with Gasteiger partial charge in [-0.2, -0.15) is 0 Å². The third kappa shape index (κ3) is 4.04. The monoisotopic (exact) mass is 405 g/mol. The van der Waals surface area contributed by atoms with Crippen LogP contribution in [-0.2, 0) is 11.3 Å². The number of rotatable bonds is 4. The molecule has 0 saturated carbocycles. The smallest absolute Gasteiger partial charge is 0.149 e. The van der Waals surface area contributed by atoms with Crippen LogP contribution in [0, 0.1) is 17.6 Å². The molecule has 1 fully saturated rings. The highest BCUT2D eigenvalue weighted by Gasteiger charge is 2.30. The van der Waals surface area contributed by atoms with E-state index in [9.17, 15) is 8.78 Å². The van der Waals surface area contributed by atoms with Crippen molar-refractivity contribution in [2.75, 3.05) is 25.1 Å². The normalized spacial score (nSPS) is 21.6. The Bertz CT molecular complexity index is 890. The van der Waals surface area contributed by atoms with Crippen LogP contribution in [0.25, 0.3) is 0 Å². The number of halogens is 3. The van der Waals surface area contributed by atoms with Gasteiger partial charge in [-0.05, 0) is 37.1 Å². The Labute approximate surface area is 168 Å². The van der Waals surface area contributed by atoms with Crippen LogP contribution >= 0.6 is 11.6 Å². The number of benzene rings is 2. The molecule has 0 amide bonds. The largest absolute Gasteiger partial charge is 0.381 e. The van der Waals surface area contributed by atoms with Crippen molar-refractivity contribution < 1.29 is 13.5 Å². The summed E-state index contributed by atoms with van der Waals surface area (Å²) in [5, 5.41) is 6.66. The number of ether oxygens (including phenoxy) is 1. The molecule has 2 aliphatic rings. The molecule has 4 nitrogen and oxygen atoms in total. The molecule has 2 heterocycles. The van der Waals surface area contributed by atoms with Gasteiger partial charge in [0.1, 0.15) is 11.6 Å². The van der Waals surface area contributed by atoms with Crippen molar-refractivity contribution in [3.63, 3.8) is 0 Å². The number of fused-ring (bicyclic) bond motifs is 2. The fraction of sp³-hybridized carbons (Fsp3) is 0.381. The summed E-state index contributed by atoms with van der Waals surface area (Å²) in [6.45, 7) is 1.93. The number of para-hydroxylation sites is 2. The van der Waals surface area contributed by atoms with E-state index in [0.717, 1.165) is 29.9 Å². The molecular formula is C21H22ClF2N3O. The molecule has 1 saturated heterocycles. The molecule has 4 rings (SSSR count). The van der Waals surface area contributed by atoms with Gasteiger partial charge < -0.3 is 15.4 Å². The molecule has 7 heteroatoms. The van der Waals surface area contributed by atoms with Crippen molar-refractivity contribution >= 4 is 28.7 Å². The minimum absolute atomic E-state index is 0.0415. The second-order valence-electron chi connectivity index (χ2n) is 7.09. The van der Waals surface area contributed by atoms with Crippen LogP contribution in [0.2, 0.25) is 5.02 Å². The summed E-state index contributed by atoms with van der Waals surface area (Å²) < 4.78 is 33.8. The first-order valence-electron chi connectivity index (χ1n) is 9.48. The average molecular weight is 406 g/mol. The predicted molar refractivity (Wildman–Crippen MR) is 108 cm³/mol. The van der Waals surface area contributed by atoms with Gasteiger partial charge in [0.2, 0.25) is 0 Å². The first kappa shape index (κ1) is 19.3. The summed E-state index contributed by atoms with van der Waals surface area (Å²) >= 11 is 5.78. The molecule has 148 valence electrons. The van der Waals surface area contributed by atoms with Crippen LogP contribution in [0.3, 0.4) is 0 Å². The van der Waals surface area contributed by atoms with Gasteiger partial charge in [0.05, 0.1) is 22.4 Å².